The average molecular weight is 884 g/mol. The highest BCUT2D eigenvalue weighted by atomic mass is 15.3. The maximum atomic E-state index is 2.78. The summed E-state index contributed by atoms with van der Waals surface area (Å²) in [6.07, 6.45) is 4.79. The van der Waals surface area contributed by atoms with Crippen LogP contribution in [0.4, 0.5) is 45.5 Å². The van der Waals surface area contributed by atoms with E-state index in [1.54, 1.807) is 0 Å². The van der Waals surface area contributed by atoms with Crippen molar-refractivity contribution in [3.63, 3.8) is 0 Å². The summed E-state index contributed by atoms with van der Waals surface area (Å²) >= 11 is 0. The molecular weight excluding hydrogens is 822 g/mol. The fourth-order valence-corrected chi connectivity index (χ4v) is 12.6. The highest BCUT2D eigenvalue weighted by Crippen LogP contribution is 2.62. The average Bonchev–Trinajstić information content (AvgIpc) is 3.56. The number of para-hydroxylation sites is 1. The first-order chi connectivity index (χ1) is 32.7. The van der Waals surface area contributed by atoms with Gasteiger partial charge in [0, 0.05) is 50.9 Å². The number of hydrogen-bond donors (Lipinski definition) is 0. The van der Waals surface area contributed by atoms with Crippen LogP contribution in [0.5, 0.6) is 0 Å². The minimum atomic E-state index is -0.122. The van der Waals surface area contributed by atoms with Crippen LogP contribution in [0.15, 0.2) is 182 Å². The number of hydrogen-bond acceptors (Lipinski definition) is 3. The van der Waals surface area contributed by atoms with Crippen molar-refractivity contribution in [3.05, 3.63) is 199 Å². The van der Waals surface area contributed by atoms with Gasteiger partial charge in [-0.05, 0) is 141 Å². The number of fused-ring (bicyclic) bond motifs is 7. The van der Waals surface area contributed by atoms with E-state index in [2.05, 4.69) is 252 Å². The Hall–Kier alpha value is -6.78. The Balaban J connectivity index is 1.22. The van der Waals surface area contributed by atoms with Gasteiger partial charge in [0.2, 0.25) is 0 Å². The van der Waals surface area contributed by atoms with Gasteiger partial charge in [0.15, 0.2) is 0 Å². The summed E-state index contributed by atoms with van der Waals surface area (Å²) in [5.41, 5.74) is 22.7. The van der Waals surface area contributed by atoms with Crippen molar-refractivity contribution < 1.29 is 0 Å². The zero-order valence-corrected chi connectivity index (χ0v) is 41.1. The Labute approximate surface area is 405 Å². The van der Waals surface area contributed by atoms with Gasteiger partial charge in [-0.2, -0.15) is 0 Å². The molecule has 0 N–H and O–H groups in total. The van der Waals surface area contributed by atoms with Crippen LogP contribution in [0.1, 0.15) is 97.8 Å². The first kappa shape index (κ1) is 42.6. The zero-order chi connectivity index (χ0) is 46.7. The van der Waals surface area contributed by atoms with Crippen molar-refractivity contribution in [2.24, 2.45) is 0 Å². The molecule has 68 heavy (non-hydrogen) atoms. The predicted molar refractivity (Wildman–Crippen MR) is 292 cm³/mol. The van der Waals surface area contributed by atoms with Crippen LogP contribution >= 0.6 is 0 Å². The van der Waals surface area contributed by atoms with E-state index < -0.39 is 0 Å². The van der Waals surface area contributed by atoms with Gasteiger partial charge in [-0.15, -0.1) is 0 Å². The third-order valence-electron chi connectivity index (χ3n) is 16.5. The molecule has 8 aromatic rings. The minimum absolute atomic E-state index is 0.00473. The lowest BCUT2D eigenvalue weighted by molar-refractivity contribution is 0.195. The third-order valence-corrected chi connectivity index (χ3v) is 16.5. The van der Waals surface area contributed by atoms with Crippen LogP contribution in [0.25, 0.3) is 22.3 Å². The van der Waals surface area contributed by atoms with Crippen molar-refractivity contribution in [2.75, 3.05) is 14.7 Å². The summed E-state index contributed by atoms with van der Waals surface area (Å²) in [6, 6.07) is 69.6. The summed E-state index contributed by atoms with van der Waals surface area (Å²) in [5.74, 6) is 0. The second-order valence-corrected chi connectivity index (χ2v) is 22.5. The summed E-state index contributed by atoms with van der Waals surface area (Å²) in [6.45, 7) is 19.2. The molecule has 0 spiro atoms. The SMILES string of the molecule is CC(C)(C)c1cccc(N2c3cc(C(C)(C)C)ccc3B3c4ccc(-c5ccccc5)cc4N(c4cccc(-c5ccccc5)c4)c4cc(N5c6ccccc6C6(C)CCCCC56C)cc2c43)c1. The molecule has 0 amide bonds. The van der Waals surface area contributed by atoms with E-state index in [4.69, 9.17) is 0 Å². The van der Waals surface area contributed by atoms with Crippen molar-refractivity contribution in [3.8, 4) is 22.3 Å². The lowest BCUT2D eigenvalue weighted by Crippen LogP contribution is -2.61. The maximum absolute atomic E-state index is 2.78. The second-order valence-electron chi connectivity index (χ2n) is 22.5. The monoisotopic (exact) mass is 884 g/mol. The Morgan fingerprint density at radius 2 is 0.941 bits per heavy atom. The lowest BCUT2D eigenvalue weighted by atomic mass is 9.33. The second kappa shape index (κ2) is 15.4. The predicted octanol–water partition coefficient (Wildman–Crippen LogP) is 15.4. The molecule has 2 atom stereocenters. The van der Waals surface area contributed by atoms with Crippen molar-refractivity contribution in [2.45, 2.75) is 103 Å². The molecule has 0 saturated heterocycles. The van der Waals surface area contributed by atoms with Gasteiger partial charge in [0.1, 0.15) is 0 Å². The van der Waals surface area contributed by atoms with Crippen molar-refractivity contribution in [1.29, 1.82) is 0 Å². The molecular formula is C64H62BN3. The molecule has 0 bridgehead atoms. The topological polar surface area (TPSA) is 9.72 Å². The summed E-state index contributed by atoms with van der Waals surface area (Å²) in [5, 5.41) is 0. The molecule has 1 fully saturated rings. The number of nitrogens with zero attached hydrogens (tertiary/aromatic N) is 3. The Morgan fingerprint density at radius 1 is 0.412 bits per heavy atom. The van der Waals surface area contributed by atoms with Crippen LogP contribution in [0.3, 0.4) is 0 Å². The van der Waals surface area contributed by atoms with E-state index in [0.717, 1.165) is 12.1 Å². The highest BCUT2D eigenvalue weighted by molar-refractivity contribution is 7.00. The normalized spacial score (nSPS) is 19.2. The molecule has 3 aliphatic heterocycles. The van der Waals surface area contributed by atoms with Crippen molar-refractivity contribution in [1.82, 2.24) is 0 Å². The number of anilines is 8. The molecule has 1 aliphatic carbocycles. The molecule has 4 heteroatoms. The van der Waals surface area contributed by atoms with Gasteiger partial charge in [0.05, 0.1) is 5.54 Å². The smallest absolute Gasteiger partial charge is 0.252 e. The Bertz CT molecular complexity index is 3270. The molecule has 0 aromatic heterocycles. The lowest BCUT2D eigenvalue weighted by Gasteiger charge is -2.51. The van der Waals surface area contributed by atoms with Gasteiger partial charge >= 0.3 is 0 Å². The van der Waals surface area contributed by atoms with E-state index in [9.17, 15) is 0 Å². The minimum Gasteiger partial charge on any atom is -0.334 e. The molecule has 1 saturated carbocycles. The first-order valence-corrected chi connectivity index (χ1v) is 25.0. The molecule has 12 rings (SSSR count). The molecule has 8 aromatic carbocycles. The van der Waals surface area contributed by atoms with Gasteiger partial charge in [-0.3, -0.25) is 0 Å². The largest absolute Gasteiger partial charge is 0.334 e. The van der Waals surface area contributed by atoms with Gasteiger partial charge in [-0.25, -0.2) is 0 Å². The van der Waals surface area contributed by atoms with Crippen LogP contribution in [0, 0.1) is 0 Å². The third kappa shape index (κ3) is 6.47. The first-order valence-electron chi connectivity index (χ1n) is 25.0. The van der Waals surface area contributed by atoms with Crippen LogP contribution in [-0.2, 0) is 16.2 Å². The van der Waals surface area contributed by atoms with Crippen LogP contribution in [0.2, 0.25) is 0 Å². The highest BCUT2D eigenvalue weighted by Gasteiger charge is 2.58. The Kier molecular flexibility index (Phi) is 9.62. The fraction of sp³-hybridized carbons (Fsp3) is 0.250. The quantitative estimate of drug-likeness (QED) is 0.159. The van der Waals surface area contributed by atoms with Gasteiger partial charge in [0.25, 0.3) is 6.71 Å². The molecule has 3 nitrogen and oxygen atoms in total. The van der Waals surface area contributed by atoms with Crippen LogP contribution < -0.4 is 31.1 Å². The van der Waals surface area contributed by atoms with E-state index >= 15 is 0 Å². The number of rotatable bonds is 5. The Morgan fingerprint density at radius 3 is 1.60 bits per heavy atom. The molecule has 2 unspecified atom stereocenters. The zero-order valence-electron chi connectivity index (χ0n) is 41.1. The van der Waals surface area contributed by atoms with Crippen LogP contribution in [-0.4, -0.2) is 12.3 Å². The fourth-order valence-electron chi connectivity index (χ4n) is 12.6. The van der Waals surface area contributed by atoms with Gasteiger partial charge in [-0.1, -0.05) is 189 Å². The van der Waals surface area contributed by atoms with E-state index in [1.807, 2.05) is 0 Å². The van der Waals surface area contributed by atoms with E-state index in [0.29, 0.717) is 0 Å². The van der Waals surface area contributed by atoms with E-state index in [-0.39, 0.29) is 28.5 Å². The maximum Gasteiger partial charge on any atom is 0.252 e. The van der Waals surface area contributed by atoms with Gasteiger partial charge < -0.3 is 14.7 Å². The summed E-state index contributed by atoms with van der Waals surface area (Å²) in [4.78, 5) is 8.05. The summed E-state index contributed by atoms with van der Waals surface area (Å²) in [7, 11) is 0. The summed E-state index contributed by atoms with van der Waals surface area (Å²) < 4.78 is 0. The number of benzene rings is 8. The molecule has 0 radical (unpaired) electrons. The van der Waals surface area contributed by atoms with E-state index in [1.165, 1.54) is 114 Å². The molecule has 4 aliphatic rings. The molecule has 336 valence electrons. The standard InChI is InChI=1S/C64H62BN3/c1-61(2,3)47-26-20-28-50(39-47)67-57-40-48(62(4,5)6)32-34-54(57)65-53-33-31-46(44-23-13-10-14-24-44)38-56(53)66(49-27-19-25-45(37-49)43-21-11-9-12-22-43)58-41-51(42-59(67)60(58)65)68-55-30-16-15-29-52(55)63(7)35-17-18-36-64(63,68)8/h9-16,19-34,37-42H,17-18,35-36H2,1-8H3. The molecule has 3 heterocycles. The van der Waals surface area contributed by atoms with Crippen molar-refractivity contribution >= 4 is 68.6 Å².